The van der Waals surface area contributed by atoms with Crippen LogP contribution in [0.5, 0.6) is 0 Å². The number of nitrogens with zero attached hydrogens (tertiary/aromatic N) is 4. The third-order valence-electron chi connectivity index (χ3n) is 5.85. The highest BCUT2D eigenvalue weighted by atomic mass is 35.5. The summed E-state index contributed by atoms with van der Waals surface area (Å²) in [7, 11) is 3.88. The van der Waals surface area contributed by atoms with Gasteiger partial charge in [-0.2, -0.15) is 0 Å². The molecule has 0 unspecified atom stereocenters. The summed E-state index contributed by atoms with van der Waals surface area (Å²) >= 11 is 12.3. The first-order valence-corrected chi connectivity index (χ1v) is 12.1. The summed E-state index contributed by atoms with van der Waals surface area (Å²) in [6, 6.07) is 15.7. The number of ether oxygens (including phenoxy) is 1. The van der Waals surface area contributed by atoms with Crippen molar-refractivity contribution in [2.45, 2.75) is 0 Å². The van der Waals surface area contributed by atoms with Crippen LogP contribution in [-0.4, -0.2) is 68.4 Å². The molecule has 0 aliphatic carbocycles. The molecule has 4 aromatic rings. The van der Waals surface area contributed by atoms with E-state index in [1.54, 1.807) is 7.11 Å². The Morgan fingerprint density at radius 3 is 2.24 bits per heavy atom. The summed E-state index contributed by atoms with van der Waals surface area (Å²) in [5.74, 6) is 0. The number of anilines is 2. The lowest BCUT2D eigenvalue weighted by atomic mass is 10.1. The van der Waals surface area contributed by atoms with Crippen LogP contribution in [0.1, 0.15) is 0 Å². The summed E-state index contributed by atoms with van der Waals surface area (Å²) < 4.78 is 5.37. The Morgan fingerprint density at radius 2 is 1.50 bits per heavy atom. The van der Waals surface area contributed by atoms with E-state index in [9.17, 15) is 0 Å². The van der Waals surface area contributed by atoms with E-state index in [-0.39, 0.29) is 0 Å². The molecule has 8 heteroatoms. The first kappa shape index (κ1) is 24.5. The zero-order valence-electron chi connectivity index (χ0n) is 19.5. The Hall–Kier alpha value is -2.64. The lowest BCUT2D eigenvalue weighted by Crippen LogP contribution is -2.37. The molecular formula is C26H29Cl2N5O. The van der Waals surface area contributed by atoms with E-state index >= 15 is 0 Å². The van der Waals surface area contributed by atoms with E-state index in [1.165, 1.54) is 0 Å². The van der Waals surface area contributed by atoms with Crippen molar-refractivity contribution in [3.05, 3.63) is 71.0 Å². The molecule has 6 nitrogen and oxygen atoms in total. The fourth-order valence-electron chi connectivity index (χ4n) is 4.00. The predicted molar refractivity (Wildman–Crippen MR) is 144 cm³/mol. The van der Waals surface area contributed by atoms with Gasteiger partial charge >= 0.3 is 0 Å². The van der Waals surface area contributed by atoms with Crippen molar-refractivity contribution < 1.29 is 4.74 Å². The lowest BCUT2D eigenvalue weighted by Gasteiger charge is -2.28. The maximum Gasteiger partial charge on any atom is 0.0737 e. The summed E-state index contributed by atoms with van der Waals surface area (Å²) in [4.78, 5) is 13.6. The van der Waals surface area contributed by atoms with E-state index in [0.717, 1.165) is 65.9 Å². The van der Waals surface area contributed by atoms with E-state index in [0.29, 0.717) is 16.7 Å². The number of methoxy groups -OCH3 is 1. The minimum Gasteiger partial charge on any atom is -0.383 e. The molecule has 0 fully saturated rings. The second kappa shape index (κ2) is 11.7. The minimum absolute atomic E-state index is 0.655. The molecule has 34 heavy (non-hydrogen) atoms. The van der Waals surface area contributed by atoms with Gasteiger partial charge < -0.3 is 19.9 Å². The van der Waals surface area contributed by atoms with Crippen LogP contribution in [0.15, 0.2) is 60.9 Å². The van der Waals surface area contributed by atoms with Crippen LogP contribution in [0, 0.1) is 0 Å². The van der Waals surface area contributed by atoms with Crippen LogP contribution < -0.4 is 10.2 Å². The molecule has 2 aromatic carbocycles. The van der Waals surface area contributed by atoms with Crippen LogP contribution in [0.25, 0.3) is 21.8 Å². The van der Waals surface area contributed by atoms with Crippen LogP contribution in [0.3, 0.4) is 0 Å². The van der Waals surface area contributed by atoms with Gasteiger partial charge in [-0.25, -0.2) is 0 Å². The first-order valence-electron chi connectivity index (χ1n) is 11.3. The van der Waals surface area contributed by atoms with Crippen LogP contribution in [0.4, 0.5) is 11.4 Å². The monoisotopic (exact) mass is 497 g/mol. The van der Waals surface area contributed by atoms with Crippen molar-refractivity contribution in [2.24, 2.45) is 0 Å². The molecule has 0 atom stereocenters. The minimum atomic E-state index is 0.655. The molecule has 2 aromatic heterocycles. The molecule has 4 rings (SSSR count). The molecule has 0 saturated heterocycles. The molecule has 0 amide bonds. The van der Waals surface area contributed by atoms with E-state index in [4.69, 9.17) is 27.9 Å². The highest BCUT2D eigenvalue weighted by molar-refractivity contribution is 6.31. The number of aromatic nitrogens is 2. The Labute approximate surface area is 210 Å². The van der Waals surface area contributed by atoms with Gasteiger partial charge in [0.1, 0.15) is 0 Å². The van der Waals surface area contributed by atoms with Crippen molar-refractivity contribution in [3.63, 3.8) is 0 Å². The molecule has 1 N–H and O–H groups in total. The number of halogens is 2. The van der Waals surface area contributed by atoms with E-state index in [1.807, 2.05) is 54.9 Å². The summed E-state index contributed by atoms with van der Waals surface area (Å²) in [6.07, 6.45) is 3.65. The van der Waals surface area contributed by atoms with Gasteiger partial charge in [0.15, 0.2) is 0 Å². The first-order chi connectivity index (χ1) is 16.5. The second-order valence-electron chi connectivity index (χ2n) is 8.22. The van der Waals surface area contributed by atoms with Crippen LogP contribution >= 0.6 is 23.2 Å². The quantitative estimate of drug-likeness (QED) is 0.291. The van der Waals surface area contributed by atoms with Crippen molar-refractivity contribution in [3.8, 4) is 0 Å². The zero-order chi connectivity index (χ0) is 23.9. The maximum atomic E-state index is 6.17. The smallest absolute Gasteiger partial charge is 0.0737 e. The molecular weight excluding hydrogens is 469 g/mol. The van der Waals surface area contributed by atoms with Crippen LogP contribution in [-0.2, 0) is 4.74 Å². The zero-order valence-corrected chi connectivity index (χ0v) is 21.0. The third-order valence-corrected chi connectivity index (χ3v) is 6.32. The van der Waals surface area contributed by atoms with Crippen LogP contribution in [0.2, 0.25) is 10.0 Å². The third kappa shape index (κ3) is 6.07. The fraction of sp³-hybridized carbons (Fsp3) is 0.308. The number of fused-ring (bicyclic) bond motifs is 2. The number of likely N-dealkylation sites (N-methyl/N-ethyl adjacent to an activating group) is 1. The van der Waals surface area contributed by atoms with Crippen molar-refractivity contribution in [1.29, 1.82) is 0 Å². The van der Waals surface area contributed by atoms with Gasteiger partial charge in [0.25, 0.3) is 0 Å². The molecule has 0 radical (unpaired) electrons. The predicted octanol–water partition coefficient (Wildman–Crippen LogP) is 5.59. The van der Waals surface area contributed by atoms with E-state index < -0.39 is 0 Å². The molecule has 0 aliphatic heterocycles. The summed E-state index contributed by atoms with van der Waals surface area (Å²) in [5.41, 5.74) is 4.01. The van der Waals surface area contributed by atoms with Gasteiger partial charge in [-0.3, -0.25) is 9.97 Å². The number of hydrogen-bond donors (Lipinski definition) is 1. The van der Waals surface area contributed by atoms with Gasteiger partial charge in [-0.15, -0.1) is 0 Å². The fourth-order valence-corrected chi connectivity index (χ4v) is 4.33. The number of benzene rings is 2. The lowest BCUT2D eigenvalue weighted by molar-refractivity contribution is 0.204. The van der Waals surface area contributed by atoms with Gasteiger partial charge in [-0.1, -0.05) is 23.2 Å². The number of hydrogen-bond acceptors (Lipinski definition) is 6. The van der Waals surface area contributed by atoms with Crippen molar-refractivity contribution in [2.75, 3.05) is 63.7 Å². The van der Waals surface area contributed by atoms with E-state index in [2.05, 4.69) is 38.2 Å². The Balaban J connectivity index is 1.37. The summed E-state index contributed by atoms with van der Waals surface area (Å²) in [5, 5.41) is 7.10. The molecule has 0 saturated carbocycles. The van der Waals surface area contributed by atoms with Crippen molar-refractivity contribution in [1.82, 2.24) is 14.9 Å². The highest BCUT2D eigenvalue weighted by Gasteiger charge is 2.12. The standard InChI is InChI=1S/C26H29Cl2N5O/c1-32(12-11-31-23-7-9-29-24-17-19(27)3-5-21(23)24)13-14-33(15-16-34-2)26-8-10-30-25-18-20(28)4-6-22(25)26/h3-10,17-18H,11-16H2,1-2H3,(H,29,31). The highest BCUT2D eigenvalue weighted by Crippen LogP contribution is 2.27. The average molecular weight is 498 g/mol. The molecule has 2 heterocycles. The Bertz CT molecular complexity index is 1250. The molecule has 0 bridgehead atoms. The van der Waals surface area contributed by atoms with Gasteiger partial charge in [0.05, 0.1) is 17.6 Å². The number of nitrogens with one attached hydrogen (secondary N) is 1. The van der Waals surface area contributed by atoms with Gasteiger partial charge in [-0.05, 0) is 55.6 Å². The summed E-state index contributed by atoms with van der Waals surface area (Å²) in [6.45, 7) is 4.97. The largest absolute Gasteiger partial charge is 0.383 e. The van der Waals surface area contributed by atoms with Crippen molar-refractivity contribution >= 4 is 56.4 Å². The Kier molecular flexibility index (Phi) is 8.40. The molecule has 178 valence electrons. The molecule has 0 spiro atoms. The van der Waals surface area contributed by atoms with Gasteiger partial charge in [0, 0.05) is 84.4 Å². The Morgan fingerprint density at radius 1 is 0.824 bits per heavy atom. The van der Waals surface area contributed by atoms with Gasteiger partial charge in [0.2, 0.25) is 0 Å². The second-order valence-corrected chi connectivity index (χ2v) is 9.09. The topological polar surface area (TPSA) is 53.5 Å². The maximum absolute atomic E-state index is 6.17. The average Bonchev–Trinajstić information content (AvgIpc) is 2.83. The SMILES string of the molecule is COCCN(CCN(C)CCNc1ccnc2cc(Cl)ccc12)c1ccnc2cc(Cl)ccc12. The normalized spacial score (nSPS) is 11.4. The number of rotatable bonds is 11. The molecule has 0 aliphatic rings. The number of pyridine rings is 2.